The van der Waals surface area contributed by atoms with Gasteiger partial charge in [0, 0.05) is 0 Å². The molecule has 0 unspecified atom stereocenters. The summed E-state index contributed by atoms with van der Waals surface area (Å²) in [5.41, 5.74) is 0. The maximum Gasteiger partial charge on any atom is 0.326 e. The van der Waals surface area contributed by atoms with Crippen LogP contribution in [0.1, 0.15) is 7.43 Å². The first-order valence-electron chi connectivity index (χ1n) is 0.655. The Morgan fingerprint density at radius 3 is 1.00 bits per heavy atom. The Morgan fingerprint density at radius 1 is 1.00 bits per heavy atom. The van der Waals surface area contributed by atoms with Gasteiger partial charge in [-0.25, -0.2) is 0 Å². The standard InChI is InChI=1S/CH4.Cl3HSi.FH/c;1-4(2)3;/h1H4;4H;1H. The molecule has 0 amide bonds. The number of hydrogen-bond acceptors (Lipinski definition) is 0. The maximum atomic E-state index is 4.94. The highest BCUT2D eigenvalue weighted by molar-refractivity contribution is 7.54. The fraction of sp³-hybridized carbons (Fsp3) is 1.00. The van der Waals surface area contributed by atoms with E-state index < -0.39 is 6.73 Å². The predicted molar refractivity (Wildman–Crippen MR) is 33.9 cm³/mol. The van der Waals surface area contributed by atoms with Crippen molar-refractivity contribution in [1.29, 1.82) is 0 Å². The highest BCUT2D eigenvalue weighted by atomic mass is 35.8. The van der Waals surface area contributed by atoms with Crippen molar-refractivity contribution < 1.29 is 4.70 Å². The molecule has 0 aromatic rings. The molecule has 0 rings (SSSR count). The van der Waals surface area contributed by atoms with Gasteiger partial charge in [0.15, 0.2) is 0 Å². The second-order valence-electron chi connectivity index (χ2n) is 0.247. The summed E-state index contributed by atoms with van der Waals surface area (Å²) in [6.07, 6.45) is 0. The molecular formula is CH6Cl3FSi. The molecule has 0 aromatic heterocycles. The smallest absolute Gasteiger partial charge is 0.269 e. The quantitative estimate of drug-likeness (QED) is 0.387. The SMILES string of the molecule is C.Cl[SiH](Cl)Cl.F. The highest BCUT2D eigenvalue weighted by Gasteiger charge is 1.85. The molecule has 0 saturated carbocycles. The average Bonchev–Trinajstić information content (AvgIpc) is 0.811. The third-order valence-electron chi connectivity index (χ3n) is 0. The van der Waals surface area contributed by atoms with E-state index in [0.717, 1.165) is 0 Å². The summed E-state index contributed by atoms with van der Waals surface area (Å²) in [5.74, 6) is 0. The minimum absolute atomic E-state index is 0. The summed E-state index contributed by atoms with van der Waals surface area (Å²) in [5, 5.41) is 0. The van der Waals surface area contributed by atoms with Gasteiger partial charge in [0.25, 0.3) is 0 Å². The average molecular weight is 172 g/mol. The van der Waals surface area contributed by atoms with Gasteiger partial charge in [0.1, 0.15) is 0 Å². The zero-order valence-corrected chi connectivity index (χ0v) is 5.54. The van der Waals surface area contributed by atoms with Crippen molar-refractivity contribution in [3.8, 4) is 0 Å². The lowest BCUT2D eigenvalue weighted by Crippen LogP contribution is -1.66. The lowest BCUT2D eigenvalue weighted by molar-refractivity contribution is 1.11. The summed E-state index contributed by atoms with van der Waals surface area (Å²) in [6.45, 7) is -1.72. The molecule has 0 aliphatic rings. The van der Waals surface area contributed by atoms with Crippen molar-refractivity contribution in [1.82, 2.24) is 0 Å². The van der Waals surface area contributed by atoms with E-state index in [9.17, 15) is 0 Å². The fourth-order valence-corrected chi connectivity index (χ4v) is 0. The molecule has 6 heavy (non-hydrogen) atoms. The Kier molecular flexibility index (Phi) is 24.6. The van der Waals surface area contributed by atoms with Crippen LogP contribution in [-0.2, 0) is 0 Å². The monoisotopic (exact) mass is 170 g/mol. The number of hydrogen-bond donors (Lipinski definition) is 0. The van der Waals surface area contributed by atoms with Gasteiger partial charge in [0.2, 0.25) is 0 Å². The van der Waals surface area contributed by atoms with E-state index in [-0.39, 0.29) is 12.1 Å². The van der Waals surface area contributed by atoms with Crippen LogP contribution in [0.15, 0.2) is 0 Å². The van der Waals surface area contributed by atoms with Gasteiger partial charge in [-0.2, -0.15) is 0 Å². The molecule has 0 atom stereocenters. The Balaban J connectivity index is -0.0000000450. The molecule has 0 saturated heterocycles. The van der Waals surface area contributed by atoms with Gasteiger partial charge >= 0.3 is 6.73 Å². The van der Waals surface area contributed by atoms with Crippen molar-refractivity contribution >= 4 is 40.0 Å². The van der Waals surface area contributed by atoms with Crippen LogP contribution in [0.5, 0.6) is 0 Å². The van der Waals surface area contributed by atoms with Crippen LogP contribution in [-0.4, -0.2) is 6.73 Å². The second-order valence-corrected chi connectivity index (χ2v) is 6.68. The lowest BCUT2D eigenvalue weighted by atomic mass is 12.0. The Hall–Kier alpha value is 1.02. The van der Waals surface area contributed by atoms with Crippen LogP contribution in [0.2, 0.25) is 0 Å². The molecule has 0 spiro atoms. The fourth-order valence-electron chi connectivity index (χ4n) is 0. The molecule has 0 radical (unpaired) electrons. The molecule has 42 valence electrons. The van der Waals surface area contributed by atoms with E-state index in [4.69, 9.17) is 33.2 Å². The molecule has 0 heterocycles. The lowest BCUT2D eigenvalue weighted by Gasteiger charge is -1.65. The number of rotatable bonds is 0. The van der Waals surface area contributed by atoms with E-state index in [1.807, 2.05) is 0 Å². The molecule has 5 heteroatoms. The van der Waals surface area contributed by atoms with Gasteiger partial charge in [-0.1, -0.05) is 7.43 Å². The van der Waals surface area contributed by atoms with Gasteiger partial charge < -0.3 is 0 Å². The van der Waals surface area contributed by atoms with E-state index in [1.54, 1.807) is 0 Å². The Labute approximate surface area is 52.5 Å². The van der Waals surface area contributed by atoms with Crippen LogP contribution >= 0.6 is 33.2 Å². The van der Waals surface area contributed by atoms with Gasteiger partial charge in [-0.05, 0) is 0 Å². The molecular weight excluding hydrogens is 165 g/mol. The molecule has 0 bridgehead atoms. The largest absolute Gasteiger partial charge is 0.326 e. The Morgan fingerprint density at radius 2 is 1.00 bits per heavy atom. The molecule has 0 N–H and O–H groups in total. The third kappa shape index (κ3) is 78.3. The minimum Gasteiger partial charge on any atom is -0.269 e. The summed E-state index contributed by atoms with van der Waals surface area (Å²) in [4.78, 5) is 0. The van der Waals surface area contributed by atoms with Gasteiger partial charge in [0.05, 0.1) is 0 Å². The number of halogens is 4. The van der Waals surface area contributed by atoms with E-state index in [2.05, 4.69) is 0 Å². The van der Waals surface area contributed by atoms with E-state index >= 15 is 0 Å². The molecule has 0 fully saturated rings. The van der Waals surface area contributed by atoms with E-state index in [1.165, 1.54) is 0 Å². The van der Waals surface area contributed by atoms with Crippen molar-refractivity contribution in [2.24, 2.45) is 0 Å². The van der Waals surface area contributed by atoms with Crippen molar-refractivity contribution in [3.63, 3.8) is 0 Å². The maximum absolute atomic E-state index is 4.94. The molecule has 0 nitrogen and oxygen atoms in total. The second kappa shape index (κ2) is 9.39. The normalized spacial score (nSPS) is 6.00. The summed E-state index contributed by atoms with van der Waals surface area (Å²) in [6, 6.07) is 0. The zero-order valence-electron chi connectivity index (χ0n) is 2.12. The van der Waals surface area contributed by atoms with Crippen LogP contribution < -0.4 is 0 Å². The molecule has 0 aromatic carbocycles. The first kappa shape index (κ1) is 15.7. The van der Waals surface area contributed by atoms with Crippen LogP contribution in [0.4, 0.5) is 4.70 Å². The van der Waals surface area contributed by atoms with E-state index in [0.29, 0.717) is 0 Å². The van der Waals surface area contributed by atoms with Crippen molar-refractivity contribution in [3.05, 3.63) is 0 Å². The van der Waals surface area contributed by atoms with Crippen molar-refractivity contribution in [2.75, 3.05) is 0 Å². The molecule has 0 aliphatic carbocycles. The minimum atomic E-state index is -1.72. The third-order valence-corrected chi connectivity index (χ3v) is 0. The van der Waals surface area contributed by atoms with Gasteiger partial charge in [-0.3, -0.25) is 4.70 Å². The summed E-state index contributed by atoms with van der Waals surface area (Å²) in [7, 11) is 0. The van der Waals surface area contributed by atoms with Crippen LogP contribution in [0, 0.1) is 0 Å². The Bertz CT molecular complexity index is 15.5. The topological polar surface area (TPSA) is 0 Å². The van der Waals surface area contributed by atoms with Crippen LogP contribution in [0.3, 0.4) is 0 Å². The highest BCUT2D eigenvalue weighted by Crippen LogP contribution is 1.97. The summed E-state index contributed by atoms with van der Waals surface area (Å²) < 4.78 is 0. The first-order valence-corrected chi connectivity index (χ1v) is 5.89. The van der Waals surface area contributed by atoms with Crippen LogP contribution in [0.25, 0.3) is 0 Å². The summed E-state index contributed by atoms with van der Waals surface area (Å²) >= 11 is 14.8. The van der Waals surface area contributed by atoms with Crippen molar-refractivity contribution in [2.45, 2.75) is 7.43 Å². The predicted octanol–water partition coefficient (Wildman–Crippen LogP) is 2.21. The van der Waals surface area contributed by atoms with Gasteiger partial charge in [-0.15, -0.1) is 33.2 Å². The first-order chi connectivity index (χ1) is 1.73. The molecule has 0 aliphatic heterocycles. The zero-order chi connectivity index (χ0) is 3.58.